The minimum atomic E-state index is -2.70. The average Bonchev–Trinajstić information content (AvgIpc) is 2.17. The molecule has 0 radical (unpaired) electrons. The zero-order valence-corrected chi connectivity index (χ0v) is 9.68. The van der Waals surface area contributed by atoms with E-state index in [1.807, 2.05) is 0 Å². The van der Waals surface area contributed by atoms with Gasteiger partial charge >= 0.3 is 0 Å². The van der Waals surface area contributed by atoms with E-state index in [0.717, 1.165) is 0 Å². The van der Waals surface area contributed by atoms with Crippen molar-refractivity contribution in [3.8, 4) is 6.07 Å². The standard InChI is InChI=1S/C8H4ClF2IN2/c9-1-4-3-14-8(12)5(2-13)6(4)7(10)11/h3,7H,1H2. The van der Waals surface area contributed by atoms with E-state index in [1.54, 1.807) is 28.7 Å². The summed E-state index contributed by atoms with van der Waals surface area (Å²) in [5.74, 6) is -0.0712. The highest BCUT2D eigenvalue weighted by Gasteiger charge is 2.20. The number of halogens is 4. The maximum absolute atomic E-state index is 12.6. The molecule has 0 saturated carbocycles. The Kier molecular flexibility index (Phi) is 4.01. The summed E-state index contributed by atoms with van der Waals surface area (Å²) in [6.45, 7) is 0. The van der Waals surface area contributed by atoms with Gasteiger partial charge in [0, 0.05) is 17.6 Å². The van der Waals surface area contributed by atoms with E-state index in [9.17, 15) is 8.78 Å². The van der Waals surface area contributed by atoms with Crippen LogP contribution < -0.4 is 0 Å². The van der Waals surface area contributed by atoms with Gasteiger partial charge in [0.25, 0.3) is 6.43 Å². The number of hydrogen-bond donors (Lipinski definition) is 0. The van der Waals surface area contributed by atoms with Crippen molar-refractivity contribution >= 4 is 34.2 Å². The molecule has 0 N–H and O–H groups in total. The Labute approximate surface area is 98.0 Å². The molecule has 0 bridgehead atoms. The second-order valence-corrected chi connectivity index (χ2v) is 3.70. The van der Waals surface area contributed by atoms with Gasteiger partial charge in [0.05, 0.1) is 5.56 Å². The first-order chi connectivity index (χ1) is 6.61. The van der Waals surface area contributed by atoms with E-state index in [0.29, 0.717) is 0 Å². The fourth-order valence-electron chi connectivity index (χ4n) is 1.00. The van der Waals surface area contributed by atoms with Crippen LogP contribution in [0.3, 0.4) is 0 Å². The minimum Gasteiger partial charge on any atom is -0.249 e. The van der Waals surface area contributed by atoms with Gasteiger partial charge in [-0.1, -0.05) is 0 Å². The largest absolute Gasteiger partial charge is 0.265 e. The predicted octanol–water partition coefficient (Wildman–Crippen LogP) is 3.23. The molecule has 1 aromatic rings. The Morgan fingerprint density at radius 1 is 1.64 bits per heavy atom. The van der Waals surface area contributed by atoms with Crippen LogP contribution in [0.1, 0.15) is 23.1 Å². The number of hydrogen-bond acceptors (Lipinski definition) is 2. The Morgan fingerprint density at radius 2 is 2.29 bits per heavy atom. The van der Waals surface area contributed by atoms with Crippen LogP contribution in [0, 0.1) is 15.0 Å². The van der Waals surface area contributed by atoms with Crippen molar-refractivity contribution < 1.29 is 8.78 Å². The molecule has 2 nitrogen and oxygen atoms in total. The molecule has 1 heterocycles. The number of rotatable bonds is 2. The molecule has 1 aromatic heterocycles. The first-order valence-corrected chi connectivity index (χ1v) is 5.14. The van der Waals surface area contributed by atoms with Crippen LogP contribution in [0.15, 0.2) is 6.20 Å². The van der Waals surface area contributed by atoms with Crippen LogP contribution in [-0.4, -0.2) is 4.98 Å². The first kappa shape index (κ1) is 11.6. The Hall–Kier alpha value is -0.480. The van der Waals surface area contributed by atoms with Crippen LogP contribution in [0.2, 0.25) is 0 Å². The second-order valence-electron chi connectivity index (χ2n) is 2.41. The van der Waals surface area contributed by atoms with Gasteiger partial charge in [0.2, 0.25) is 0 Å². The SMILES string of the molecule is N#Cc1c(I)ncc(CCl)c1C(F)F. The molecule has 1 rings (SSSR count). The Balaban J connectivity index is 3.46. The van der Waals surface area contributed by atoms with E-state index in [-0.39, 0.29) is 26.3 Å². The lowest BCUT2D eigenvalue weighted by Crippen LogP contribution is -2.01. The minimum absolute atomic E-state index is 0.0712. The van der Waals surface area contributed by atoms with Gasteiger partial charge in [-0.3, -0.25) is 0 Å². The summed E-state index contributed by atoms with van der Waals surface area (Å²) in [4.78, 5) is 3.81. The number of aromatic nitrogens is 1. The highest BCUT2D eigenvalue weighted by molar-refractivity contribution is 14.1. The van der Waals surface area contributed by atoms with Gasteiger partial charge in [-0.15, -0.1) is 11.6 Å². The highest BCUT2D eigenvalue weighted by atomic mass is 127. The number of alkyl halides is 3. The topological polar surface area (TPSA) is 36.7 Å². The van der Waals surface area contributed by atoms with Crippen molar-refractivity contribution in [3.63, 3.8) is 0 Å². The first-order valence-electron chi connectivity index (χ1n) is 3.53. The van der Waals surface area contributed by atoms with E-state index in [2.05, 4.69) is 4.98 Å². The zero-order chi connectivity index (χ0) is 10.7. The Bertz CT molecular complexity index is 390. The van der Waals surface area contributed by atoms with Gasteiger partial charge in [-0.25, -0.2) is 13.8 Å². The number of nitrogens with zero attached hydrogens (tertiary/aromatic N) is 2. The van der Waals surface area contributed by atoms with Gasteiger partial charge in [-0.2, -0.15) is 5.26 Å². The monoisotopic (exact) mass is 328 g/mol. The maximum Gasteiger partial charge on any atom is 0.265 e. The van der Waals surface area contributed by atoms with Crippen molar-refractivity contribution in [2.75, 3.05) is 0 Å². The zero-order valence-electron chi connectivity index (χ0n) is 6.77. The third-order valence-electron chi connectivity index (χ3n) is 1.63. The van der Waals surface area contributed by atoms with E-state index in [4.69, 9.17) is 16.9 Å². The molecular weight excluding hydrogens is 324 g/mol. The summed E-state index contributed by atoms with van der Waals surface area (Å²) in [6, 6.07) is 1.71. The summed E-state index contributed by atoms with van der Waals surface area (Å²) in [6.07, 6.45) is -1.42. The molecule has 0 fully saturated rings. The summed E-state index contributed by atoms with van der Waals surface area (Å²) in [5, 5.41) is 8.70. The smallest absolute Gasteiger partial charge is 0.249 e. The molecule has 0 spiro atoms. The highest BCUT2D eigenvalue weighted by Crippen LogP contribution is 2.29. The van der Waals surface area contributed by atoms with E-state index >= 15 is 0 Å². The fraction of sp³-hybridized carbons (Fsp3) is 0.250. The quantitative estimate of drug-likeness (QED) is 0.475. The molecule has 0 aromatic carbocycles. The van der Waals surface area contributed by atoms with E-state index in [1.165, 1.54) is 6.20 Å². The molecule has 0 aliphatic heterocycles. The van der Waals surface area contributed by atoms with Crippen molar-refractivity contribution in [1.82, 2.24) is 4.98 Å². The van der Waals surface area contributed by atoms with E-state index < -0.39 is 6.43 Å². The lowest BCUT2D eigenvalue weighted by atomic mass is 10.1. The normalized spacial score (nSPS) is 10.3. The van der Waals surface area contributed by atoms with Crippen LogP contribution >= 0.6 is 34.2 Å². The summed E-state index contributed by atoms with van der Waals surface area (Å²) in [7, 11) is 0. The van der Waals surface area contributed by atoms with Gasteiger partial charge in [-0.05, 0) is 28.2 Å². The molecule has 14 heavy (non-hydrogen) atoms. The summed E-state index contributed by atoms with van der Waals surface area (Å²) >= 11 is 7.21. The van der Waals surface area contributed by atoms with Gasteiger partial charge in [0.1, 0.15) is 9.77 Å². The Morgan fingerprint density at radius 3 is 2.71 bits per heavy atom. The lowest BCUT2D eigenvalue weighted by molar-refractivity contribution is 0.150. The fourth-order valence-corrected chi connectivity index (χ4v) is 1.77. The van der Waals surface area contributed by atoms with Crippen LogP contribution in [0.4, 0.5) is 8.78 Å². The lowest BCUT2D eigenvalue weighted by Gasteiger charge is -2.08. The molecule has 0 amide bonds. The third-order valence-corrected chi connectivity index (χ3v) is 2.74. The molecule has 0 aliphatic carbocycles. The molecule has 6 heteroatoms. The van der Waals surface area contributed by atoms with Crippen LogP contribution in [0.25, 0.3) is 0 Å². The molecular formula is C8H4ClF2IN2. The van der Waals surface area contributed by atoms with Crippen LogP contribution in [0.5, 0.6) is 0 Å². The molecule has 0 unspecified atom stereocenters. The van der Waals surface area contributed by atoms with Gasteiger partial charge in [0.15, 0.2) is 0 Å². The van der Waals surface area contributed by atoms with Crippen molar-refractivity contribution in [1.29, 1.82) is 5.26 Å². The van der Waals surface area contributed by atoms with Gasteiger partial charge < -0.3 is 0 Å². The van der Waals surface area contributed by atoms with Crippen molar-refractivity contribution in [2.24, 2.45) is 0 Å². The summed E-state index contributed by atoms with van der Waals surface area (Å²) in [5.41, 5.74) is -0.181. The molecule has 0 atom stereocenters. The predicted molar refractivity (Wildman–Crippen MR) is 56.2 cm³/mol. The summed E-state index contributed by atoms with van der Waals surface area (Å²) < 4.78 is 25.5. The molecule has 74 valence electrons. The second kappa shape index (κ2) is 4.84. The van der Waals surface area contributed by atoms with Crippen molar-refractivity contribution in [2.45, 2.75) is 12.3 Å². The molecule has 0 saturated heterocycles. The number of nitriles is 1. The number of pyridine rings is 1. The van der Waals surface area contributed by atoms with Crippen LogP contribution in [-0.2, 0) is 5.88 Å². The van der Waals surface area contributed by atoms with Crippen molar-refractivity contribution in [3.05, 3.63) is 26.6 Å². The third kappa shape index (κ3) is 2.12. The molecule has 0 aliphatic rings. The maximum atomic E-state index is 12.6. The average molecular weight is 328 g/mol.